The molecule has 1 amide bonds. The van der Waals surface area contributed by atoms with Gasteiger partial charge in [-0.1, -0.05) is 0 Å². The largest absolute Gasteiger partial charge is 0.473 e. The Labute approximate surface area is 113 Å². The van der Waals surface area contributed by atoms with Crippen LogP contribution < -0.4 is 15.4 Å². The SMILES string of the molecule is CC(C)Oc1ncnc(N(C)CC(=O)N(C)C)c1N. The Morgan fingerprint density at radius 2 is 2.00 bits per heavy atom. The smallest absolute Gasteiger partial charge is 0.242 e. The minimum absolute atomic E-state index is 0.0289. The van der Waals surface area contributed by atoms with Crippen molar-refractivity contribution in [3.63, 3.8) is 0 Å². The van der Waals surface area contributed by atoms with Gasteiger partial charge >= 0.3 is 0 Å². The van der Waals surface area contributed by atoms with Gasteiger partial charge in [-0.15, -0.1) is 0 Å². The van der Waals surface area contributed by atoms with Crippen molar-refractivity contribution < 1.29 is 9.53 Å². The van der Waals surface area contributed by atoms with E-state index in [0.717, 1.165) is 0 Å². The fraction of sp³-hybridized carbons (Fsp3) is 0.583. The van der Waals surface area contributed by atoms with Crippen LogP contribution in [0.2, 0.25) is 0 Å². The van der Waals surface area contributed by atoms with Gasteiger partial charge in [0.2, 0.25) is 11.8 Å². The Morgan fingerprint density at radius 3 is 2.53 bits per heavy atom. The standard InChI is InChI=1S/C12H21N5O2/c1-8(2)19-12-10(13)11(14-7-15-12)17(5)6-9(18)16(3)4/h7-8H,6,13H2,1-5H3. The average Bonchev–Trinajstić information content (AvgIpc) is 2.30. The van der Waals surface area contributed by atoms with Gasteiger partial charge in [0.25, 0.3) is 0 Å². The van der Waals surface area contributed by atoms with Crippen LogP contribution in [0.4, 0.5) is 11.5 Å². The number of amides is 1. The lowest BCUT2D eigenvalue weighted by Crippen LogP contribution is -2.35. The molecule has 2 N–H and O–H groups in total. The molecule has 1 aromatic rings. The van der Waals surface area contributed by atoms with Crippen molar-refractivity contribution >= 4 is 17.4 Å². The summed E-state index contributed by atoms with van der Waals surface area (Å²) in [6.45, 7) is 3.97. The third kappa shape index (κ3) is 3.97. The topological polar surface area (TPSA) is 84.6 Å². The summed E-state index contributed by atoms with van der Waals surface area (Å²) in [6.07, 6.45) is 1.35. The molecule has 1 heterocycles. The molecule has 0 saturated heterocycles. The van der Waals surface area contributed by atoms with Crippen LogP contribution in [0.5, 0.6) is 5.88 Å². The molecule has 1 rings (SSSR count). The van der Waals surface area contributed by atoms with Crippen LogP contribution in [0.1, 0.15) is 13.8 Å². The molecular formula is C12H21N5O2. The van der Waals surface area contributed by atoms with Crippen LogP contribution >= 0.6 is 0 Å². The molecule has 0 aliphatic rings. The lowest BCUT2D eigenvalue weighted by Gasteiger charge is -2.22. The molecule has 0 radical (unpaired) electrons. The van der Waals surface area contributed by atoms with Gasteiger partial charge in [-0.05, 0) is 13.8 Å². The van der Waals surface area contributed by atoms with Gasteiger partial charge in [-0.3, -0.25) is 4.79 Å². The van der Waals surface area contributed by atoms with Gasteiger partial charge < -0.3 is 20.3 Å². The highest BCUT2D eigenvalue weighted by molar-refractivity contribution is 5.82. The maximum atomic E-state index is 11.7. The lowest BCUT2D eigenvalue weighted by molar-refractivity contribution is -0.127. The number of rotatable bonds is 5. The Hall–Kier alpha value is -2.05. The number of likely N-dealkylation sites (N-methyl/N-ethyl adjacent to an activating group) is 2. The number of anilines is 2. The number of hydrogen-bond donors (Lipinski definition) is 1. The van der Waals surface area contributed by atoms with E-state index in [1.165, 1.54) is 11.2 Å². The molecule has 0 aliphatic carbocycles. The van der Waals surface area contributed by atoms with E-state index >= 15 is 0 Å². The molecule has 0 atom stereocenters. The van der Waals surface area contributed by atoms with E-state index in [0.29, 0.717) is 17.4 Å². The van der Waals surface area contributed by atoms with E-state index in [1.54, 1.807) is 26.0 Å². The van der Waals surface area contributed by atoms with Gasteiger partial charge in [0, 0.05) is 21.1 Å². The first-order valence-electron chi connectivity index (χ1n) is 6.01. The number of ether oxygens (including phenoxy) is 1. The number of aromatic nitrogens is 2. The molecule has 0 bridgehead atoms. The second-order valence-electron chi connectivity index (χ2n) is 4.73. The van der Waals surface area contributed by atoms with Crippen molar-refractivity contribution in [2.75, 3.05) is 38.3 Å². The van der Waals surface area contributed by atoms with E-state index in [-0.39, 0.29) is 18.6 Å². The lowest BCUT2D eigenvalue weighted by atomic mass is 10.4. The number of nitrogens with zero attached hydrogens (tertiary/aromatic N) is 4. The molecular weight excluding hydrogens is 246 g/mol. The van der Waals surface area contributed by atoms with Crippen molar-refractivity contribution in [2.45, 2.75) is 20.0 Å². The molecule has 0 aliphatic heterocycles. The summed E-state index contributed by atoms with van der Waals surface area (Å²) in [5, 5.41) is 0. The highest BCUT2D eigenvalue weighted by Gasteiger charge is 2.16. The summed E-state index contributed by atoms with van der Waals surface area (Å²) >= 11 is 0. The van der Waals surface area contributed by atoms with E-state index in [2.05, 4.69) is 9.97 Å². The first-order valence-corrected chi connectivity index (χ1v) is 6.01. The molecule has 0 aromatic carbocycles. The van der Waals surface area contributed by atoms with Gasteiger partial charge in [-0.25, -0.2) is 4.98 Å². The van der Waals surface area contributed by atoms with Crippen molar-refractivity contribution in [3.05, 3.63) is 6.33 Å². The maximum Gasteiger partial charge on any atom is 0.242 e. The number of carbonyl (C=O) groups excluding carboxylic acids is 1. The summed E-state index contributed by atoms with van der Waals surface area (Å²) in [7, 11) is 5.15. The Bertz CT molecular complexity index is 448. The minimum Gasteiger partial charge on any atom is -0.473 e. The summed E-state index contributed by atoms with van der Waals surface area (Å²) in [5.41, 5.74) is 6.31. The molecule has 0 saturated carbocycles. The average molecular weight is 267 g/mol. The van der Waals surface area contributed by atoms with Crippen molar-refractivity contribution in [2.24, 2.45) is 0 Å². The van der Waals surface area contributed by atoms with Gasteiger partial charge in [0.15, 0.2) is 5.82 Å². The molecule has 0 fully saturated rings. The third-order valence-electron chi connectivity index (χ3n) is 2.41. The number of carbonyl (C=O) groups is 1. The van der Waals surface area contributed by atoms with Crippen LogP contribution in [0.15, 0.2) is 6.33 Å². The zero-order valence-electron chi connectivity index (χ0n) is 12.0. The number of nitrogens with two attached hydrogens (primary N) is 1. The van der Waals surface area contributed by atoms with Crippen LogP contribution in [-0.2, 0) is 4.79 Å². The van der Waals surface area contributed by atoms with Crippen LogP contribution in [0.3, 0.4) is 0 Å². The minimum atomic E-state index is -0.0353. The second kappa shape index (κ2) is 6.21. The first kappa shape index (κ1) is 15.0. The molecule has 106 valence electrons. The summed E-state index contributed by atoms with van der Waals surface area (Å²) in [4.78, 5) is 22.9. The van der Waals surface area contributed by atoms with Gasteiger partial charge in [0.1, 0.15) is 12.0 Å². The summed E-state index contributed by atoms with van der Waals surface area (Å²) < 4.78 is 5.49. The monoisotopic (exact) mass is 267 g/mol. The van der Waals surface area contributed by atoms with E-state index < -0.39 is 0 Å². The Balaban J connectivity index is 2.91. The number of nitrogen functional groups attached to an aromatic ring is 1. The van der Waals surface area contributed by atoms with E-state index in [4.69, 9.17) is 10.5 Å². The van der Waals surface area contributed by atoms with E-state index in [1.807, 2.05) is 13.8 Å². The predicted molar refractivity (Wildman–Crippen MR) is 74.2 cm³/mol. The van der Waals surface area contributed by atoms with Gasteiger partial charge in [-0.2, -0.15) is 4.98 Å². The van der Waals surface area contributed by atoms with E-state index in [9.17, 15) is 4.79 Å². The van der Waals surface area contributed by atoms with Crippen LogP contribution in [-0.4, -0.2) is 54.6 Å². The molecule has 7 nitrogen and oxygen atoms in total. The third-order valence-corrected chi connectivity index (χ3v) is 2.41. The fourth-order valence-electron chi connectivity index (χ4n) is 1.41. The van der Waals surface area contributed by atoms with Crippen molar-refractivity contribution in [1.82, 2.24) is 14.9 Å². The Morgan fingerprint density at radius 1 is 1.37 bits per heavy atom. The molecule has 7 heteroatoms. The zero-order chi connectivity index (χ0) is 14.6. The molecule has 19 heavy (non-hydrogen) atoms. The highest BCUT2D eigenvalue weighted by atomic mass is 16.5. The highest BCUT2D eigenvalue weighted by Crippen LogP contribution is 2.27. The predicted octanol–water partition coefficient (Wildman–Crippen LogP) is 0.370. The van der Waals surface area contributed by atoms with Gasteiger partial charge in [0.05, 0.1) is 12.6 Å². The molecule has 0 spiro atoms. The number of hydrogen-bond acceptors (Lipinski definition) is 6. The fourth-order valence-corrected chi connectivity index (χ4v) is 1.41. The van der Waals surface area contributed by atoms with Crippen molar-refractivity contribution in [3.8, 4) is 5.88 Å². The maximum absolute atomic E-state index is 11.7. The van der Waals surface area contributed by atoms with Crippen molar-refractivity contribution in [1.29, 1.82) is 0 Å². The summed E-state index contributed by atoms with van der Waals surface area (Å²) in [6, 6.07) is 0. The van der Waals surface area contributed by atoms with Crippen LogP contribution in [0, 0.1) is 0 Å². The first-order chi connectivity index (χ1) is 8.82. The van der Waals surface area contributed by atoms with Crippen LogP contribution in [0.25, 0.3) is 0 Å². The quantitative estimate of drug-likeness (QED) is 0.829. The normalized spacial score (nSPS) is 10.4. The molecule has 1 aromatic heterocycles. The Kier molecular flexibility index (Phi) is 4.91. The second-order valence-corrected chi connectivity index (χ2v) is 4.73. The summed E-state index contributed by atoms with van der Waals surface area (Å²) in [5.74, 6) is 0.789. The zero-order valence-corrected chi connectivity index (χ0v) is 12.0. The molecule has 0 unspecified atom stereocenters.